The summed E-state index contributed by atoms with van der Waals surface area (Å²) in [5.41, 5.74) is 2.77. The summed E-state index contributed by atoms with van der Waals surface area (Å²) in [5, 5.41) is 19.6. The van der Waals surface area contributed by atoms with E-state index < -0.39 is 11.6 Å². The molecule has 4 rings (SSSR count). The fourth-order valence-electron chi connectivity index (χ4n) is 3.78. The monoisotopic (exact) mass is 544 g/mol. The number of hydrogen-bond acceptors (Lipinski definition) is 8. The topological polar surface area (TPSA) is 123 Å². The summed E-state index contributed by atoms with van der Waals surface area (Å²) >= 11 is 0. The molecule has 0 saturated carbocycles. The van der Waals surface area contributed by atoms with Crippen molar-refractivity contribution in [3.63, 3.8) is 0 Å². The Labute approximate surface area is 250 Å². The van der Waals surface area contributed by atoms with Crippen molar-refractivity contribution in [2.24, 2.45) is 0 Å². The van der Waals surface area contributed by atoms with Crippen molar-refractivity contribution in [3.8, 4) is 5.75 Å². The predicted molar refractivity (Wildman–Crippen MR) is 148 cm³/mol. The van der Waals surface area contributed by atoms with Gasteiger partial charge in [0.05, 0.1) is 37.7 Å². The number of nitrogens with zero attached hydrogens (tertiary/aromatic N) is 3. The van der Waals surface area contributed by atoms with E-state index in [-0.39, 0.29) is 47.4 Å². The second-order valence-corrected chi connectivity index (χ2v) is 9.97. The molecule has 1 aromatic heterocycles. The molecule has 3 aromatic rings. The molecule has 11 heteroatoms. The molecule has 202 valence electrons. The molecule has 0 bridgehead atoms. The van der Waals surface area contributed by atoms with Crippen LogP contribution in [0, 0.1) is 0 Å². The molecule has 2 aromatic carbocycles. The first-order valence-electron chi connectivity index (χ1n) is 12.4. The van der Waals surface area contributed by atoms with Crippen LogP contribution >= 0.6 is 0 Å². The minimum absolute atomic E-state index is 0. The van der Waals surface area contributed by atoms with Gasteiger partial charge in [-0.05, 0) is 68.7 Å². The third-order valence-electron chi connectivity index (χ3n) is 5.69. The Bertz CT molecular complexity index is 1240. The van der Waals surface area contributed by atoms with Crippen LogP contribution in [0.25, 0.3) is 0 Å². The first kappa shape index (κ1) is 30.4. The molecule has 0 unspecified atom stereocenters. The molecule has 0 spiro atoms. The number of aromatic carboxylic acids is 1. The average molecular weight is 545 g/mol. The minimum atomic E-state index is -1.14. The van der Waals surface area contributed by atoms with E-state index in [2.05, 4.69) is 15.5 Å². The number of carbonyl (C=O) groups excluding carboxylic acids is 1. The molecule has 2 heterocycles. The Morgan fingerprint density at radius 2 is 1.64 bits per heavy atom. The van der Waals surface area contributed by atoms with E-state index in [0.717, 1.165) is 29.0 Å². The molecule has 1 aliphatic heterocycles. The van der Waals surface area contributed by atoms with E-state index in [4.69, 9.17) is 14.2 Å². The third-order valence-corrected chi connectivity index (χ3v) is 5.69. The van der Waals surface area contributed by atoms with Gasteiger partial charge in [-0.1, -0.05) is 24.3 Å². The number of nitrogens with one attached hydrogen (secondary N) is 1. The van der Waals surface area contributed by atoms with Gasteiger partial charge >= 0.3 is 41.6 Å². The number of aromatic nitrogens is 2. The Morgan fingerprint density at radius 1 is 1.00 bits per heavy atom. The number of anilines is 2. The van der Waals surface area contributed by atoms with Gasteiger partial charge in [-0.15, -0.1) is 5.10 Å². The molecule has 39 heavy (non-hydrogen) atoms. The summed E-state index contributed by atoms with van der Waals surface area (Å²) in [7, 11) is 0. The fraction of sp³-hybridized carbons (Fsp3) is 0.357. The van der Waals surface area contributed by atoms with Gasteiger partial charge in [0.15, 0.2) is 5.69 Å². The summed E-state index contributed by atoms with van der Waals surface area (Å²) < 4.78 is 16.9. The normalized spacial score (nSPS) is 13.2. The standard InChI is InChI=1S/C28H32N4O6.Na.H/c1-28(2,3)38-27(35)32-17-23(18-32)37-15-14-36-22-10-6-20(7-11-22)16-19-4-8-21(9-5-19)30-24-12-13-29-31-25(24)26(33)34;;/h4-13,23H,14-18H2,1-3H3,(H,29,30)(H,33,34);;. The average Bonchev–Trinajstić information content (AvgIpc) is 2.84. The quantitative estimate of drug-likeness (QED) is 0.289. The number of likely N-dealkylation sites (tertiary alicyclic amines) is 1. The van der Waals surface area contributed by atoms with Crippen molar-refractivity contribution in [3.05, 3.63) is 77.6 Å². The zero-order valence-corrected chi connectivity index (χ0v) is 21.7. The van der Waals surface area contributed by atoms with Gasteiger partial charge < -0.3 is 29.5 Å². The zero-order chi connectivity index (χ0) is 27.1. The molecule has 1 saturated heterocycles. The third kappa shape index (κ3) is 9.21. The number of ether oxygens (including phenoxy) is 3. The number of benzene rings is 2. The molecular formula is C28H33N4NaO6. The van der Waals surface area contributed by atoms with Gasteiger partial charge in [0.25, 0.3) is 0 Å². The molecule has 1 fully saturated rings. The number of carbonyl (C=O) groups is 2. The van der Waals surface area contributed by atoms with Crippen molar-refractivity contribution in [2.75, 3.05) is 31.6 Å². The fourth-order valence-corrected chi connectivity index (χ4v) is 3.78. The molecule has 1 aliphatic rings. The van der Waals surface area contributed by atoms with Crippen molar-refractivity contribution >= 4 is 53.0 Å². The first-order chi connectivity index (χ1) is 18.2. The van der Waals surface area contributed by atoms with Crippen LogP contribution in [0.4, 0.5) is 16.2 Å². The molecule has 0 radical (unpaired) electrons. The van der Waals surface area contributed by atoms with Crippen LogP contribution in [0.5, 0.6) is 5.75 Å². The van der Waals surface area contributed by atoms with E-state index in [1.165, 1.54) is 6.20 Å². The van der Waals surface area contributed by atoms with Gasteiger partial charge in [0.1, 0.15) is 18.0 Å². The van der Waals surface area contributed by atoms with Crippen molar-refractivity contribution in [2.45, 2.75) is 38.9 Å². The number of hydrogen-bond donors (Lipinski definition) is 2. The summed E-state index contributed by atoms with van der Waals surface area (Å²) in [6.45, 7) is 7.48. The second-order valence-electron chi connectivity index (χ2n) is 9.97. The Hall–Kier alpha value is -3.18. The Balaban J connectivity index is 0.00000420. The van der Waals surface area contributed by atoms with Gasteiger partial charge in [-0.25, -0.2) is 9.59 Å². The van der Waals surface area contributed by atoms with Gasteiger partial charge in [-0.3, -0.25) is 0 Å². The van der Waals surface area contributed by atoms with Gasteiger partial charge in [0.2, 0.25) is 0 Å². The maximum absolute atomic E-state index is 12.0. The second kappa shape index (κ2) is 13.7. The molecular weight excluding hydrogens is 511 g/mol. The van der Waals surface area contributed by atoms with Crippen LogP contribution < -0.4 is 10.1 Å². The summed E-state index contributed by atoms with van der Waals surface area (Å²) in [6.07, 6.45) is 1.89. The SMILES string of the molecule is CC(C)(C)OC(=O)N1CC(OCCOc2ccc(Cc3ccc(Nc4ccnnc4C(=O)O)cc3)cc2)C1.[NaH]. The van der Waals surface area contributed by atoms with E-state index in [1.54, 1.807) is 11.0 Å². The van der Waals surface area contributed by atoms with Gasteiger partial charge in [-0.2, -0.15) is 5.10 Å². The van der Waals surface area contributed by atoms with E-state index in [9.17, 15) is 14.7 Å². The number of carboxylic acid groups (broad SMARTS) is 1. The summed E-state index contributed by atoms with van der Waals surface area (Å²) in [5.74, 6) is -0.372. The Morgan fingerprint density at radius 3 is 2.26 bits per heavy atom. The van der Waals surface area contributed by atoms with Crippen LogP contribution in [0.2, 0.25) is 0 Å². The summed E-state index contributed by atoms with van der Waals surface area (Å²) in [4.78, 5) is 24.9. The number of rotatable bonds is 10. The molecule has 0 atom stereocenters. The van der Waals surface area contributed by atoms with E-state index in [1.807, 2.05) is 69.3 Å². The summed E-state index contributed by atoms with van der Waals surface area (Å²) in [6, 6.07) is 17.3. The molecule has 1 amide bonds. The molecule has 0 aliphatic carbocycles. The Kier molecular flexibility index (Phi) is 10.7. The van der Waals surface area contributed by atoms with E-state index >= 15 is 0 Å². The zero-order valence-electron chi connectivity index (χ0n) is 21.7. The van der Waals surface area contributed by atoms with Crippen molar-refractivity contribution < 1.29 is 28.9 Å². The number of amides is 1. The van der Waals surface area contributed by atoms with Crippen LogP contribution in [0.3, 0.4) is 0 Å². The first-order valence-corrected chi connectivity index (χ1v) is 12.4. The van der Waals surface area contributed by atoms with Crippen LogP contribution in [-0.4, -0.2) is 99.8 Å². The van der Waals surface area contributed by atoms with Crippen LogP contribution in [-0.2, 0) is 15.9 Å². The van der Waals surface area contributed by atoms with Crippen molar-refractivity contribution in [1.29, 1.82) is 0 Å². The molecule has 10 nitrogen and oxygen atoms in total. The maximum atomic E-state index is 12.0. The molecule has 2 N–H and O–H groups in total. The predicted octanol–water partition coefficient (Wildman–Crippen LogP) is 3.88. The van der Waals surface area contributed by atoms with Crippen LogP contribution in [0.1, 0.15) is 42.4 Å². The van der Waals surface area contributed by atoms with Gasteiger partial charge in [0, 0.05) is 5.69 Å². The van der Waals surface area contributed by atoms with E-state index in [0.29, 0.717) is 32.0 Å². The number of carboxylic acids is 1. The van der Waals surface area contributed by atoms with Crippen molar-refractivity contribution in [1.82, 2.24) is 15.1 Å². The van der Waals surface area contributed by atoms with Crippen LogP contribution in [0.15, 0.2) is 60.8 Å².